The Morgan fingerprint density at radius 1 is 1.26 bits per heavy atom. The normalized spacial score (nSPS) is 11.5. The molecule has 23 heavy (non-hydrogen) atoms. The number of aromatic nitrogens is 4. The van der Waals surface area contributed by atoms with Gasteiger partial charge in [0.2, 0.25) is 5.65 Å². The van der Waals surface area contributed by atoms with E-state index in [0.717, 1.165) is 17.3 Å². The van der Waals surface area contributed by atoms with Crippen molar-refractivity contribution in [3.8, 4) is 5.69 Å². The van der Waals surface area contributed by atoms with Crippen LogP contribution >= 0.6 is 23.4 Å². The maximum absolute atomic E-state index is 12.6. The smallest absolute Gasteiger partial charge is 0.280 e. The van der Waals surface area contributed by atoms with Crippen LogP contribution in [0.5, 0.6) is 0 Å². The molecule has 0 aliphatic heterocycles. The average Bonchev–Trinajstić information content (AvgIpc) is 2.91. The monoisotopic (exact) mass is 348 g/mol. The highest BCUT2D eigenvalue weighted by molar-refractivity contribution is 7.99. The number of halogens is 1. The Bertz CT molecular complexity index is 887. The van der Waals surface area contributed by atoms with Crippen LogP contribution in [0.4, 0.5) is 0 Å². The highest BCUT2D eigenvalue weighted by Gasteiger charge is 2.12. The molecule has 0 fully saturated rings. The second kappa shape index (κ2) is 6.76. The number of rotatable bonds is 5. The zero-order chi connectivity index (χ0) is 16.4. The van der Waals surface area contributed by atoms with E-state index < -0.39 is 0 Å². The molecule has 120 valence electrons. The first kappa shape index (κ1) is 16.1. The Morgan fingerprint density at radius 3 is 2.83 bits per heavy atom. The molecular formula is C16H17ClN4OS. The van der Waals surface area contributed by atoms with E-state index in [1.165, 1.54) is 4.57 Å². The van der Waals surface area contributed by atoms with Crippen molar-refractivity contribution in [2.24, 2.45) is 5.92 Å². The first-order valence-corrected chi connectivity index (χ1v) is 8.78. The Balaban J connectivity index is 1.96. The second-order valence-electron chi connectivity index (χ2n) is 5.66. The van der Waals surface area contributed by atoms with Crippen LogP contribution < -0.4 is 5.56 Å². The minimum Gasteiger partial charge on any atom is -0.280 e. The lowest BCUT2D eigenvalue weighted by Crippen LogP contribution is -2.20. The lowest BCUT2D eigenvalue weighted by atomic mass is 10.2. The number of hydrogen-bond acceptors (Lipinski definition) is 4. The van der Waals surface area contributed by atoms with E-state index in [4.69, 9.17) is 11.6 Å². The summed E-state index contributed by atoms with van der Waals surface area (Å²) in [6.07, 6.45) is 4.63. The van der Waals surface area contributed by atoms with Gasteiger partial charge in [0.25, 0.3) is 0 Å². The predicted molar refractivity (Wildman–Crippen MR) is 93.8 cm³/mol. The van der Waals surface area contributed by atoms with Crippen molar-refractivity contribution in [3.63, 3.8) is 0 Å². The number of fused-ring (bicyclic) bond motifs is 1. The summed E-state index contributed by atoms with van der Waals surface area (Å²) in [6, 6.07) is 7.16. The van der Waals surface area contributed by atoms with Gasteiger partial charge in [-0.3, -0.25) is 13.8 Å². The zero-order valence-corrected chi connectivity index (χ0v) is 14.5. The van der Waals surface area contributed by atoms with Crippen molar-refractivity contribution < 1.29 is 0 Å². The van der Waals surface area contributed by atoms with Gasteiger partial charge in [0.15, 0.2) is 5.16 Å². The Morgan fingerprint density at radius 2 is 2.09 bits per heavy atom. The second-order valence-corrected chi connectivity index (χ2v) is 7.16. The average molecular weight is 349 g/mol. The number of hydrogen-bond donors (Lipinski definition) is 0. The summed E-state index contributed by atoms with van der Waals surface area (Å²) in [5.74, 6) is 1.59. The van der Waals surface area contributed by atoms with Gasteiger partial charge in [0, 0.05) is 23.2 Å². The summed E-state index contributed by atoms with van der Waals surface area (Å²) < 4.78 is 3.27. The topological polar surface area (TPSA) is 52.2 Å². The van der Waals surface area contributed by atoms with Gasteiger partial charge >= 0.3 is 5.56 Å². The summed E-state index contributed by atoms with van der Waals surface area (Å²) in [6.45, 7) is 4.37. The van der Waals surface area contributed by atoms with Gasteiger partial charge in [-0.1, -0.05) is 43.3 Å². The lowest BCUT2D eigenvalue weighted by molar-refractivity contribution is 0.631. The fraction of sp³-hybridized carbons (Fsp3) is 0.312. The minimum absolute atomic E-state index is 0.210. The van der Waals surface area contributed by atoms with Crippen LogP contribution in [0.2, 0.25) is 5.02 Å². The molecule has 0 saturated carbocycles. The van der Waals surface area contributed by atoms with Crippen LogP contribution in [0.25, 0.3) is 11.3 Å². The highest BCUT2D eigenvalue weighted by Crippen LogP contribution is 2.19. The molecule has 2 aromatic heterocycles. The van der Waals surface area contributed by atoms with E-state index >= 15 is 0 Å². The first-order chi connectivity index (χ1) is 11.1. The Kier molecular flexibility index (Phi) is 4.73. The molecule has 0 N–H and O–H groups in total. The predicted octanol–water partition coefficient (Wildman–Crippen LogP) is 3.67. The Labute approximate surface area is 143 Å². The maximum atomic E-state index is 12.6. The minimum atomic E-state index is -0.210. The third-order valence-electron chi connectivity index (χ3n) is 3.45. The number of thioether (sulfide) groups is 1. The SMILES string of the molecule is CC(C)CCSc1nnc2c(=O)n(-c3cccc(Cl)c3)ccn12. The largest absolute Gasteiger partial charge is 0.300 e. The maximum Gasteiger partial charge on any atom is 0.300 e. The van der Waals surface area contributed by atoms with Crippen molar-refractivity contribution >= 4 is 29.0 Å². The van der Waals surface area contributed by atoms with Crippen LogP contribution in [0.15, 0.2) is 46.6 Å². The van der Waals surface area contributed by atoms with E-state index in [9.17, 15) is 4.79 Å². The van der Waals surface area contributed by atoms with E-state index in [1.54, 1.807) is 34.5 Å². The molecule has 0 aliphatic rings. The zero-order valence-electron chi connectivity index (χ0n) is 12.9. The van der Waals surface area contributed by atoms with Gasteiger partial charge in [0.05, 0.1) is 5.69 Å². The molecule has 0 aliphatic carbocycles. The third-order valence-corrected chi connectivity index (χ3v) is 4.66. The van der Waals surface area contributed by atoms with Gasteiger partial charge in [-0.15, -0.1) is 10.2 Å². The molecule has 3 aromatic rings. The van der Waals surface area contributed by atoms with Crippen LogP contribution in [-0.2, 0) is 0 Å². The van der Waals surface area contributed by atoms with Gasteiger partial charge in [0.1, 0.15) is 0 Å². The first-order valence-electron chi connectivity index (χ1n) is 7.41. The van der Waals surface area contributed by atoms with E-state index in [0.29, 0.717) is 22.3 Å². The highest BCUT2D eigenvalue weighted by atomic mass is 35.5. The molecule has 0 atom stereocenters. The van der Waals surface area contributed by atoms with E-state index in [1.807, 2.05) is 18.3 Å². The van der Waals surface area contributed by atoms with Crippen molar-refractivity contribution in [1.82, 2.24) is 19.2 Å². The third kappa shape index (κ3) is 3.43. The summed E-state index contributed by atoms with van der Waals surface area (Å²) >= 11 is 7.62. The van der Waals surface area contributed by atoms with Gasteiger partial charge in [-0.05, 0) is 30.5 Å². The molecule has 1 aromatic carbocycles. The lowest BCUT2D eigenvalue weighted by Gasteiger charge is -2.07. The molecule has 0 saturated heterocycles. The molecule has 0 unspecified atom stereocenters. The molecular weight excluding hydrogens is 332 g/mol. The van der Waals surface area contributed by atoms with Crippen LogP contribution in [0.1, 0.15) is 20.3 Å². The number of nitrogens with zero attached hydrogens (tertiary/aromatic N) is 4. The summed E-state index contributed by atoms with van der Waals surface area (Å²) in [4.78, 5) is 12.6. The fourth-order valence-corrected chi connectivity index (χ4v) is 3.52. The Hall–Kier alpha value is -1.79. The molecule has 0 bridgehead atoms. The standard InChI is InChI=1S/C16H17ClN4OS/c1-11(2)6-9-23-16-19-18-14-15(22)20(7-8-21(14)16)13-5-3-4-12(17)10-13/h3-5,7-8,10-11H,6,9H2,1-2H3. The van der Waals surface area contributed by atoms with Crippen molar-refractivity contribution in [3.05, 3.63) is 52.0 Å². The summed E-state index contributed by atoms with van der Waals surface area (Å²) in [7, 11) is 0. The summed E-state index contributed by atoms with van der Waals surface area (Å²) in [5.41, 5.74) is 0.819. The fourth-order valence-electron chi connectivity index (χ4n) is 2.18. The molecule has 0 radical (unpaired) electrons. The number of benzene rings is 1. The molecule has 2 heterocycles. The van der Waals surface area contributed by atoms with Gasteiger partial charge < -0.3 is 0 Å². The summed E-state index contributed by atoms with van der Waals surface area (Å²) in [5, 5.41) is 9.52. The van der Waals surface area contributed by atoms with Gasteiger partial charge in [-0.25, -0.2) is 0 Å². The van der Waals surface area contributed by atoms with E-state index in [-0.39, 0.29) is 5.56 Å². The van der Waals surface area contributed by atoms with Crippen molar-refractivity contribution in [2.75, 3.05) is 5.75 Å². The molecule has 0 spiro atoms. The van der Waals surface area contributed by atoms with Crippen molar-refractivity contribution in [1.29, 1.82) is 0 Å². The van der Waals surface area contributed by atoms with E-state index in [2.05, 4.69) is 24.0 Å². The molecule has 0 amide bonds. The molecule has 3 rings (SSSR count). The van der Waals surface area contributed by atoms with Crippen LogP contribution in [0, 0.1) is 5.92 Å². The van der Waals surface area contributed by atoms with Crippen molar-refractivity contribution in [2.45, 2.75) is 25.4 Å². The molecule has 5 nitrogen and oxygen atoms in total. The van der Waals surface area contributed by atoms with Crippen LogP contribution in [0.3, 0.4) is 0 Å². The van der Waals surface area contributed by atoms with Crippen LogP contribution in [-0.4, -0.2) is 24.9 Å². The van der Waals surface area contributed by atoms with Gasteiger partial charge in [-0.2, -0.15) is 0 Å². The molecule has 7 heteroatoms. The quantitative estimate of drug-likeness (QED) is 0.660.